The maximum atomic E-state index is 2.94. The summed E-state index contributed by atoms with van der Waals surface area (Å²) in [5.74, 6) is 0. The third-order valence-electron chi connectivity index (χ3n) is 1.49. The molecular formula is C12H27SbSe3. The number of hydrogen-bond donors (Lipinski definition) is 0. The molecule has 0 rings (SSSR count). The molecule has 98 valence electrons. The summed E-state index contributed by atoms with van der Waals surface area (Å²) in [6.07, 6.45) is 7.94. The quantitative estimate of drug-likeness (QED) is 0.460. The minimum atomic E-state index is 0. The molecule has 0 aliphatic rings. The van der Waals surface area contributed by atoms with Crippen LogP contribution in [0.4, 0.5) is 0 Å². The summed E-state index contributed by atoms with van der Waals surface area (Å²) >= 11 is 8.83. The first-order valence-corrected chi connectivity index (χ1v) is 9.62. The van der Waals surface area contributed by atoms with Gasteiger partial charge in [0, 0.05) is 0 Å². The van der Waals surface area contributed by atoms with E-state index in [4.69, 9.17) is 0 Å². The molecule has 0 aromatic carbocycles. The Morgan fingerprint density at radius 1 is 0.562 bits per heavy atom. The van der Waals surface area contributed by atoms with Crippen molar-refractivity contribution in [2.75, 3.05) is 0 Å². The van der Waals surface area contributed by atoms with E-state index >= 15 is 0 Å². The molecule has 0 N–H and O–H groups in total. The number of rotatable bonds is 6. The average molecular weight is 530 g/mol. The van der Waals surface area contributed by atoms with Crippen molar-refractivity contribution < 1.29 is 0 Å². The fourth-order valence-electron chi connectivity index (χ4n) is 0.433. The van der Waals surface area contributed by atoms with Crippen molar-refractivity contribution in [3.8, 4) is 0 Å². The van der Waals surface area contributed by atoms with Crippen molar-refractivity contribution in [1.82, 2.24) is 0 Å². The van der Waals surface area contributed by atoms with Crippen LogP contribution >= 0.6 is 0 Å². The summed E-state index contributed by atoms with van der Waals surface area (Å²) in [6.45, 7) is 6.58. The van der Waals surface area contributed by atoms with Crippen molar-refractivity contribution in [3.63, 3.8) is 0 Å². The molecule has 2 radical (unpaired) electrons. The van der Waals surface area contributed by atoms with Crippen LogP contribution in [0, 0.1) is 0 Å². The molecule has 0 nitrogen and oxygen atoms in total. The molecule has 0 heterocycles. The van der Waals surface area contributed by atoms with Crippen LogP contribution in [-0.4, -0.2) is 72.5 Å². The van der Waals surface area contributed by atoms with Gasteiger partial charge < -0.3 is 0 Å². The first-order chi connectivity index (χ1) is 7.24. The van der Waals surface area contributed by atoms with Gasteiger partial charge in [0.2, 0.25) is 0 Å². The fraction of sp³-hybridized carbons (Fsp3) is 1.00. The van der Waals surface area contributed by atoms with Gasteiger partial charge in [0.15, 0.2) is 0 Å². The van der Waals surface area contributed by atoms with Crippen molar-refractivity contribution in [2.24, 2.45) is 0 Å². The van der Waals surface area contributed by atoms with Crippen LogP contribution in [0.2, 0.25) is 16.0 Å². The molecule has 0 bridgehead atoms. The van der Waals surface area contributed by atoms with E-state index < -0.39 is 0 Å². The largest absolute Gasteiger partial charge is 3.00 e. The summed E-state index contributed by atoms with van der Waals surface area (Å²) in [5, 5.41) is 3.66. The molecule has 4 heteroatoms. The Morgan fingerprint density at radius 2 is 0.750 bits per heavy atom. The van der Waals surface area contributed by atoms with Gasteiger partial charge in [-0.25, -0.2) is 0 Å². The predicted octanol–water partition coefficient (Wildman–Crippen LogP) is 3.74. The molecule has 0 atom stereocenters. The van der Waals surface area contributed by atoms with Gasteiger partial charge in [-0.05, 0) is 0 Å². The monoisotopic (exact) mass is 532 g/mol. The van der Waals surface area contributed by atoms with Gasteiger partial charge in [-0.1, -0.05) is 0 Å². The molecule has 0 aliphatic heterocycles. The SMILES string of the molecule is CCCC[Se-].CCCC[Se-].CCCC[Se-].[Sb+3]. The van der Waals surface area contributed by atoms with Crippen molar-refractivity contribution in [1.29, 1.82) is 0 Å². The van der Waals surface area contributed by atoms with Gasteiger partial charge in [0.1, 0.15) is 0 Å². The third kappa shape index (κ3) is 55.2. The Kier molecular flexibility index (Phi) is 60.4. The van der Waals surface area contributed by atoms with Gasteiger partial charge >= 0.3 is 148 Å². The Hall–Kier alpha value is 2.38. The molecule has 0 aliphatic carbocycles. The van der Waals surface area contributed by atoms with Gasteiger partial charge in [-0.3, -0.25) is 0 Å². The second-order valence-corrected chi connectivity index (χ2v) is 5.74. The second-order valence-electron chi connectivity index (χ2n) is 3.17. The van der Waals surface area contributed by atoms with Crippen LogP contribution in [0.1, 0.15) is 59.3 Å². The minimum Gasteiger partial charge on any atom is 3.00 e. The molecule has 0 amide bonds. The third-order valence-corrected chi connectivity index (χ3v) is 3.31. The van der Waals surface area contributed by atoms with Gasteiger partial charge in [-0.2, -0.15) is 0 Å². The van der Waals surface area contributed by atoms with Crippen LogP contribution in [0.25, 0.3) is 0 Å². The minimum absolute atomic E-state index is 0. The Labute approximate surface area is 146 Å². The van der Waals surface area contributed by atoms with Crippen LogP contribution in [0.15, 0.2) is 0 Å². The summed E-state index contributed by atoms with van der Waals surface area (Å²) < 4.78 is 0. The maximum absolute atomic E-state index is 2.94. The molecule has 16 heavy (non-hydrogen) atoms. The fourth-order valence-corrected chi connectivity index (χ4v) is 2.25. The molecule has 0 unspecified atom stereocenters. The molecule has 0 aromatic heterocycles. The Morgan fingerprint density at radius 3 is 0.750 bits per heavy atom. The van der Waals surface area contributed by atoms with E-state index in [-0.39, 0.29) is 24.4 Å². The molecule has 0 aromatic rings. The molecule has 0 fully saturated rings. The molecular weight excluding hydrogens is 503 g/mol. The predicted molar refractivity (Wildman–Crippen MR) is 82.2 cm³/mol. The smallest absolute Gasteiger partial charge is 3.00 e. The number of unbranched alkanes of at least 4 members (excludes halogenated alkanes) is 3. The summed E-state index contributed by atoms with van der Waals surface area (Å²) in [4.78, 5) is 0. The van der Waals surface area contributed by atoms with E-state index in [2.05, 4.69) is 68.8 Å². The second kappa shape index (κ2) is 36.0. The van der Waals surface area contributed by atoms with E-state index in [1.165, 1.54) is 54.5 Å². The van der Waals surface area contributed by atoms with Crippen molar-refractivity contribution in [3.05, 3.63) is 0 Å². The molecule has 0 spiro atoms. The van der Waals surface area contributed by atoms with Crippen molar-refractivity contribution in [2.45, 2.75) is 75.3 Å². The topological polar surface area (TPSA) is 0 Å². The standard InChI is InChI=1S/3C4H10Se.Sb/c3*1-2-3-4-5;/h3*5H,2-4H2,1H3;/q;;;+3/p-3. The van der Waals surface area contributed by atoms with Crippen LogP contribution in [0.3, 0.4) is 0 Å². The van der Waals surface area contributed by atoms with E-state index in [0.717, 1.165) is 0 Å². The first kappa shape index (κ1) is 26.8. The average Bonchev–Trinajstić information content (AvgIpc) is 2.23. The summed E-state index contributed by atoms with van der Waals surface area (Å²) in [5.41, 5.74) is 0. The summed E-state index contributed by atoms with van der Waals surface area (Å²) in [7, 11) is 0. The van der Waals surface area contributed by atoms with E-state index in [1.807, 2.05) is 0 Å². The van der Waals surface area contributed by atoms with Gasteiger partial charge in [0.25, 0.3) is 0 Å². The van der Waals surface area contributed by atoms with Crippen LogP contribution < -0.4 is 0 Å². The molecule has 0 saturated heterocycles. The zero-order valence-corrected chi connectivity index (χ0v) is 18.7. The molecule has 0 saturated carbocycles. The zero-order valence-electron chi connectivity index (χ0n) is 11.0. The van der Waals surface area contributed by atoms with Crippen LogP contribution in [-0.2, 0) is 0 Å². The zero-order chi connectivity index (χ0) is 12.4. The van der Waals surface area contributed by atoms with E-state index in [1.54, 1.807) is 0 Å². The number of hydrogen-bond acceptors (Lipinski definition) is 0. The Bertz CT molecular complexity index is 53.0. The first-order valence-electron chi connectivity index (χ1n) is 5.99. The van der Waals surface area contributed by atoms with Gasteiger partial charge in [-0.15, -0.1) is 0 Å². The van der Waals surface area contributed by atoms with Gasteiger partial charge in [0.05, 0.1) is 0 Å². The van der Waals surface area contributed by atoms with E-state index in [0.29, 0.717) is 0 Å². The normalized spacial score (nSPS) is 7.88. The summed E-state index contributed by atoms with van der Waals surface area (Å²) in [6, 6.07) is 0. The van der Waals surface area contributed by atoms with Crippen LogP contribution in [0.5, 0.6) is 0 Å². The van der Waals surface area contributed by atoms with E-state index in [9.17, 15) is 0 Å². The van der Waals surface area contributed by atoms with Crippen molar-refractivity contribution >= 4 is 72.5 Å². The maximum Gasteiger partial charge on any atom is 3.00 e. The Balaban J connectivity index is -0.0000000655.